The zero-order valence-electron chi connectivity index (χ0n) is 10.2. The molecule has 1 aromatic rings. The number of ether oxygens (including phenoxy) is 1. The summed E-state index contributed by atoms with van der Waals surface area (Å²) in [5.74, 6) is -1.72. The molecule has 108 valence electrons. The van der Waals surface area contributed by atoms with Gasteiger partial charge in [0.25, 0.3) is 0 Å². The molecule has 2 unspecified atom stereocenters. The third-order valence-corrected chi connectivity index (χ3v) is 3.82. The number of carbonyl (C=O) groups is 2. The van der Waals surface area contributed by atoms with E-state index in [-0.39, 0.29) is 13.2 Å². The number of hydrogen-bond donors (Lipinski definition) is 3. The number of aliphatic carboxylic acids is 1. The van der Waals surface area contributed by atoms with Gasteiger partial charge in [0.1, 0.15) is 5.92 Å². The molecule has 1 heterocycles. The average Bonchev–Trinajstić information content (AvgIpc) is 2.82. The van der Waals surface area contributed by atoms with E-state index in [1.54, 1.807) is 18.2 Å². The Morgan fingerprint density at radius 2 is 2.15 bits per heavy atom. The lowest BCUT2D eigenvalue weighted by molar-refractivity contribution is -0.142. The van der Waals surface area contributed by atoms with Gasteiger partial charge in [-0.05, 0) is 34.1 Å². The predicted octanol–water partition coefficient (Wildman–Crippen LogP) is 2.32. The summed E-state index contributed by atoms with van der Waals surface area (Å²) in [6.07, 6.45) is 0. The van der Waals surface area contributed by atoms with Crippen LogP contribution in [0.3, 0.4) is 0 Å². The van der Waals surface area contributed by atoms with Gasteiger partial charge in [-0.2, -0.15) is 0 Å². The molecule has 1 aromatic carbocycles. The minimum absolute atomic E-state index is 0.0984. The highest BCUT2D eigenvalue weighted by Crippen LogP contribution is 2.26. The Morgan fingerprint density at radius 3 is 2.85 bits per heavy atom. The van der Waals surface area contributed by atoms with Gasteiger partial charge in [0.15, 0.2) is 0 Å². The fourth-order valence-electron chi connectivity index (χ4n) is 1.86. The SMILES string of the molecule is O=C(Nc1cc(Cl)ccc1Br)NC1COCC1C(=O)O. The van der Waals surface area contributed by atoms with E-state index in [1.807, 2.05) is 0 Å². The van der Waals surface area contributed by atoms with E-state index in [0.717, 1.165) is 0 Å². The number of carboxylic acid groups (broad SMARTS) is 1. The smallest absolute Gasteiger partial charge is 0.319 e. The van der Waals surface area contributed by atoms with E-state index in [1.165, 1.54) is 0 Å². The highest BCUT2D eigenvalue weighted by atomic mass is 79.9. The van der Waals surface area contributed by atoms with E-state index < -0.39 is 24.0 Å². The molecule has 0 saturated carbocycles. The highest BCUT2D eigenvalue weighted by molar-refractivity contribution is 9.10. The van der Waals surface area contributed by atoms with Crippen LogP contribution in [0.25, 0.3) is 0 Å². The molecule has 2 amide bonds. The monoisotopic (exact) mass is 362 g/mol. The lowest BCUT2D eigenvalue weighted by Gasteiger charge is -2.16. The number of rotatable bonds is 3. The van der Waals surface area contributed by atoms with Crippen molar-refractivity contribution in [1.29, 1.82) is 0 Å². The van der Waals surface area contributed by atoms with Crippen molar-refractivity contribution >= 4 is 45.2 Å². The van der Waals surface area contributed by atoms with E-state index in [2.05, 4.69) is 26.6 Å². The summed E-state index contributed by atoms with van der Waals surface area (Å²) >= 11 is 9.13. The Morgan fingerprint density at radius 1 is 1.40 bits per heavy atom. The quantitative estimate of drug-likeness (QED) is 0.769. The predicted molar refractivity (Wildman–Crippen MR) is 77.0 cm³/mol. The van der Waals surface area contributed by atoms with Gasteiger partial charge in [-0.25, -0.2) is 4.79 Å². The zero-order chi connectivity index (χ0) is 14.7. The Bertz CT molecular complexity index is 540. The van der Waals surface area contributed by atoms with Crippen molar-refractivity contribution in [1.82, 2.24) is 5.32 Å². The molecule has 0 aromatic heterocycles. The molecule has 1 aliphatic rings. The largest absolute Gasteiger partial charge is 0.481 e. The Kier molecular flexibility index (Phi) is 4.85. The molecular weight excluding hydrogens is 351 g/mol. The van der Waals surface area contributed by atoms with Crippen molar-refractivity contribution in [3.8, 4) is 0 Å². The van der Waals surface area contributed by atoms with E-state index in [4.69, 9.17) is 21.4 Å². The Balaban J connectivity index is 1.99. The first-order valence-electron chi connectivity index (χ1n) is 5.80. The van der Waals surface area contributed by atoms with Crippen molar-refractivity contribution in [2.24, 2.45) is 5.92 Å². The van der Waals surface area contributed by atoms with Gasteiger partial charge in [-0.1, -0.05) is 11.6 Å². The number of amides is 2. The number of carboxylic acids is 1. The van der Waals surface area contributed by atoms with Crippen LogP contribution in [0.1, 0.15) is 0 Å². The van der Waals surface area contributed by atoms with Gasteiger partial charge in [0.05, 0.1) is 24.9 Å². The third kappa shape index (κ3) is 3.62. The summed E-state index contributed by atoms with van der Waals surface area (Å²) in [5, 5.41) is 14.7. The van der Waals surface area contributed by atoms with Gasteiger partial charge in [-0.3, -0.25) is 4.79 Å². The first-order chi connectivity index (χ1) is 9.47. The van der Waals surface area contributed by atoms with Crippen molar-refractivity contribution in [2.75, 3.05) is 18.5 Å². The average molecular weight is 364 g/mol. The summed E-state index contributed by atoms with van der Waals surface area (Å²) in [7, 11) is 0. The molecule has 6 nitrogen and oxygen atoms in total. The molecule has 0 bridgehead atoms. The van der Waals surface area contributed by atoms with Crippen LogP contribution in [-0.2, 0) is 9.53 Å². The molecule has 3 N–H and O–H groups in total. The minimum Gasteiger partial charge on any atom is -0.481 e. The number of carbonyl (C=O) groups excluding carboxylic acids is 1. The van der Waals surface area contributed by atoms with Crippen molar-refractivity contribution < 1.29 is 19.4 Å². The minimum atomic E-state index is -0.989. The van der Waals surface area contributed by atoms with E-state index >= 15 is 0 Å². The van der Waals surface area contributed by atoms with Crippen molar-refractivity contribution in [3.63, 3.8) is 0 Å². The lowest BCUT2D eigenvalue weighted by Crippen LogP contribution is -2.44. The maximum atomic E-state index is 11.9. The number of benzene rings is 1. The number of urea groups is 1. The summed E-state index contributed by atoms with van der Waals surface area (Å²) in [4.78, 5) is 22.8. The van der Waals surface area contributed by atoms with Gasteiger partial charge >= 0.3 is 12.0 Å². The third-order valence-electron chi connectivity index (χ3n) is 2.89. The van der Waals surface area contributed by atoms with Crippen molar-refractivity contribution in [2.45, 2.75) is 6.04 Å². The van der Waals surface area contributed by atoms with Gasteiger partial charge in [0, 0.05) is 9.50 Å². The molecule has 1 aliphatic heterocycles. The Hall–Kier alpha value is -1.31. The fourth-order valence-corrected chi connectivity index (χ4v) is 2.38. The van der Waals surface area contributed by atoms with Crippen LogP contribution < -0.4 is 10.6 Å². The normalized spacial score (nSPS) is 21.5. The fraction of sp³-hybridized carbons (Fsp3) is 0.333. The molecule has 8 heteroatoms. The van der Waals surface area contributed by atoms with Gasteiger partial charge in [0.2, 0.25) is 0 Å². The topological polar surface area (TPSA) is 87.7 Å². The van der Waals surface area contributed by atoms with Gasteiger partial charge < -0.3 is 20.5 Å². The van der Waals surface area contributed by atoms with Crippen LogP contribution in [0.5, 0.6) is 0 Å². The maximum Gasteiger partial charge on any atom is 0.319 e. The lowest BCUT2D eigenvalue weighted by atomic mass is 10.0. The molecule has 20 heavy (non-hydrogen) atoms. The number of anilines is 1. The van der Waals surface area contributed by atoms with Crippen LogP contribution in [0, 0.1) is 5.92 Å². The van der Waals surface area contributed by atoms with Crippen molar-refractivity contribution in [3.05, 3.63) is 27.7 Å². The van der Waals surface area contributed by atoms with Crippen LogP contribution in [-0.4, -0.2) is 36.4 Å². The van der Waals surface area contributed by atoms with Crippen LogP contribution >= 0.6 is 27.5 Å². The Labute approximate surface area is 128 Å². The molecule has 1 saturated heterocycles. The second kappa shape index (κ2) is 6.43. The molecule has 0 spiro atoms. The molecular formula is C12H12BrClN2O4. The summed E-state index contributed by atoms with van der Waals surface area (Å²) < 4.78 is 5.75. The molecule has 0 aliphatic carbocycles. The molecule has 2 rings (SSSR count). The van der Waals surface area contributed by atoms with Gasteiger partial charge in [-0.15, -0.1) is 0 Å². The standard InChI is InChI=1S/C12H12BrClN2O4/c13-8-2-1-6(14)3-9(8)15-12(19)16-10-5-20-4-7(10)11(17)18/h1-3,7,10H,4-5H2,(H,17,18)(H2,15,16,19). The molecule has 0 radical (unpaired) electrons. The van der Waals surface area contributed by atoms with E-state index in [0.29, 0.717) is 15.2 Å². The van der Waals surface area contributed by atoms with Crippen LogP contribution in [0.4, 0.5) is 10.5 Å². The summed E-state index contributed by atoms with van der Waals surface area (Å²) in [5.41, 5.74) is 0.501. The van der Waals surface area contributed by atoms with Crippen LogP contribution in [0.2, 0.25) is 5.02 Å². The second-order valence-electron chi connectivity index (χ2n) is 4.31. The molecule has 2 atom stereocenters. The highest BCUT2D eigenvalue weighted by Gasteiger charge is 2.35. The summed E-state index contributed by atoms with van der Waals surface area (Å²) in [6, 6.07) is 3.92. The number of nitrogens with one attached hydrogen (secondary N) is 2. The number of halogens is 2. The zero-order valence-corrected chi connectivity index (χ0v) is 12.6. The first-order valence-corrected chi connectivity index (χ1v) is 6.97. The van der Waals surface area contributed by atoms with E-state index in [9.17, 15) is 9.59 Å². The maximum absolute atomic E-state index is 11.9. The first kappa shape index (κ1) is 15.1. The second-order valence-corrected chi connectivity index (χ2v) is 5.60. The molecule has 1 fully saturated rings. The number of hydrogen-bond acceptors (Lipinski definition) is 3. The van der Waals surface area contributed by atoms with Crippen LogP contribution in [0.15, 0.2) is 22.7 Å². The summed E-state index contributed by atoms with van der Waals surface area (Å²) in [6.45, 7) is 0.280.